The standard InChI is InChI=1S/C25H24Cl2N4O3/c1-2-31-17-29-12-24(31)18-3-6-20(7-4-18)32-13-21-14-33-25(34-21,15-30-10-9-28-16-30)22-8-5-19(26)11-23(22)27/h3-12,16-17,21H,2,13-15H2,1H3. The lowest BCUT2D eigenvalue weighted by molar-refractivity contribution is -0.189. The van der Waals surface area contributed by atoms with Crippen LogP contribution in [0.1, 0.15) is 12.5 Å². The van der Waals surface area contributed by atoms with E-state index in [2.05, 4.69) is 21.5 Å². The molecule has 3 heterocycles. The van der Waals surface area contributed by atoms with E-state index in [1.807, 2.05) is 53.6 Å². The minimum Gasteiger partial charge on any atom is -0.491 e. The zero-order valence-electron chi connectivity index (χ0n) is 18.6. The Hall–Kier alpha value is -2.84. The SMILES string of the molecule is CCn1cncc1-c1ccc(OCC2COC(Cn3ccnc3)(c3ccc(Cl)cc3Cl)O2)cc1. The maximum Gasteiger partial charge on any atom is 0.215 e. The quantitative estimate of drug-likeness (QED) is 0.324. The van der Waals surface area contributed by atoms with Gasteiger partial charge in [-0.15, -0.1) is 0 Å². The zero-order chi connectivity index (χ0) is 23.5. The van der Waals surface area contributed by atoms with Crippen molar-refractivity contribution in [3.05, 3.63) is 89.3 Å². The van der Waals surface area contributed by atoms with Crippen molar-refractivity contribution < 1.29 is 14.2 Å². The Labute approximate surface area is 207 Å². The molecule has 0 spiro atoms. The van der Waals surface area contributed by atoms with Crippen LogP contribution in [0.15, 0.2) is 73.7 Å². The molecular formula is C25H24Cl2N4O3. The summed E-state index contributed by atoms with van der Waals surface area (Å²) in [5.41, 5.74) is 2.88. The molecule has 9 heteroatoms. The highest BCUT2D eigenvalue weighted by atomic mass is 35.5. The Morgan fingerprint density at radius 2 is 1.97 bits per heavy atom. The summed E-state index contributed by atoms with van der Waals surface area (Å²) in [4.78, 5) is 8.36. The smallest absolute Gasteiger partial charge is 0.215 e. The van der Waals surface area contributed by atoms with Crippen molar-refractivity contribution in [3.63, 3.8) is 0 Å². The fourth-order valence-electron chi connectivity index (χ4n) is 4.10. The number of imidazole rings is 2. The molecule has 1 aliphatic rings. The number of benzene rings is 2. The van der Waals surface area contributed by atoms with Crippen LogP contribution in [0.5, 0.6) is 5.75 Å². The van der Waals surface area contributed by atoms with Crippen LogP contribution in [-0.4, -0.2) is 38.4 Å². The Morgan fingerprint density at radius 3 is 2.71 bits per heavy atom. The highest BCUT2D eigenvalue weighted by molar-refractivity contribution is 6.35. The van der Waals surface area contributed by atoms with Crippen molar-refractivity contribution in [3.8, 4) is 17.0 Å². The summed E-state index contributed by atoms with van der Waals surface area (Å²) < 4.78 is 22.7. The van der Waals surface area contributed by atoms with Crippen molar-refractivity contribution in [2.45, 2.75) is 31.9 Å². The summed E-state index contributed by atoms with van der Waals surface area (Å²) in [6.07, 6.45) is 8.70. The summed E-state index contributed by atoms with van der Waals surface area (Å²) >= 11 is 12.6. The topological polar surface area (TPSA) is 63.3 Å². The van der Waals surface area contributed by atoms with Gasteiger partial charge in [0.2, 0.25) is 5.79 Å². The minimum atomic E-state index is -1.07. The normalized spacial score (nSPS) is 20.0. The molecule has 2 atom stereocenters. The largest absolute Gasteiger partial charge is 0.491 e. The fraction of sp³-hybridized carbons (Fsp3) is 0.280. The molecule has 34 heavy (non-hydrogen) atoms. The van der Waals surface area contributed by atoms with Gasteiger partial charge in [-0.1, -0.05) is 29.3 Å². The van der Waals surface area contributed by atoms with Crippen LogP contribution in [0, 0.1) is 0 Å². The minimum absolute atomic E-state index is 0.281. The van der Waals surface area contributed by atoms with Crippen molar-refractivity contribution in [2.24, 2.45) is 0 Å². The van der Waals surface area contributed by atoms with E-state index in [1.54, 1.807) is 24.7 Å². The van der Waals surface area contributed by atoms with E-state index in [1.165, 1.54) is 0 Å². The number of aromatic nitrogens is 4. The zero-order valence-corrected chi connectivity index (χ0v) is 20.1. The number of halogens is 2. The molecule has 0 saturated carbocycles. The Bertz CT molecular complexity index is 1240. The van der Waals surface area contributed by atoms with Crippen LogP contribution in [-0.2, 0) is 28.4 Å². The average molecular weight is 499 g/mol. The van der Waals surface area contributed by atoms with E-state index >= 15 is 0 Å². The second-order valence-corrected chi connectivity index (χ2v) is 8.91. The summed E-state index contributed by atoms with van der Waals surface area (Å²) in [7, 11) is 0. The molecular weight excluding hydrogens is 475 g/mol. The van der Waals surface area contributed by atoms with Gasteiger partial charge in [0, 0.05) is 35.1 Å². The van der Waals surface area contributed by atoms with Crippen LogP contribution >= 0.6 is 23.2 Å². The third-order valence-electron chi connectivity index (χ3n) is 5.79. The molecule has 5 rings (SSSR count). The lowest BCUT2D eigenvalue weighted by Crippen LogP contribution is -2.34. The van der Waals surface area contributed by atoms with Crippen molar-refractivity contribution >= 4 is 23.2 Å². The Kier molecular flexibility index (Phi) is 6.61. The van der Waals surface area contributed by atoms with Gasteiger partial charge in [0.15, 0.2) is 0 Å². The van der Waals surface area contributed by atoms with Crippen LogP contribution in [0.3, 0.4) is 0 Å². The first-order chi connectivity index (χ1) is 16.6. The van der Waals surface area contributed by atoms with E-state index in [0.717, 1.165) is 23.6 Å². The Balaban J connectivity index is 1.29. The summed E-state index contributed by atoms with van der Waals surface area (Å²) in [5.74, 6) is -0.315. The fourth-order valence-corrected chi connectivity index (χ4v) is 4.65. The molecule has 0 radical (unpaired) electrons. The molecule has 7 nitrogen and oxygen atoms in total. The molecule has 2 aromatic heterocycles. The highest BCUT2D eigenvalue weighted by Gasteiger charge is 2.45. The van der Waals surface area contributed by atoms with Gasteiger partial charge in [-0.3, -0.25) is 0 Å². The monoisotopic (exact) mass is 498 g/mol. The highest BCUT2D eigenvalue weighted by Crippen LogP contribution is 2.40. The van der Waals surface area contributed by atoms with Crippen LogP contribution in [0.4, 0.5) is 0 Å². The predicted octanol–water partition coefficient (Wildman–Crippen LogP) is 5.42. The number of hydrogen-bond donors (Lipinski definition) is 0. The number of hydrogen-bond acceptors (Lipinski definition) is 5. The number of rotatable bonds is 8. The van der Waals surface area contributed by atoms with Crippen LogP contribution in [0.25, 0.3) is 11.3 Å². The molecule has 176 valence electrons. The van der Waals surface area contributed by atoms with E-state index in [0.29, 0.717) is 35.4 Å². The number of aryl methyl sites for hydroxylation is 1. The van der Waals surface area contributed by atoms with Gasteiger partial charge in [0.1, 0.15) is 18.5 Å². The lowest BCUT2D eigenvalue weighted by Gasteiger charge is -2.30. The van der Waals surface area contributed by atoms with Gasteiger partial charge in [-0.2, -0.15) is 0 Å². The maximum atomic E-state index is 6.53. The molecule has 2 aromatic carbocycles. The van der Waals surface area contributed by atoms with Gasteiger partial charge < -0.3 is 23.3 Å². The summed E-state index contributed by atoms with van der Waals surface area (Å²) in [6, 6.07) is 13.3. The number of ether oxygens (including phenoxy) is 3. The molecule has 1 fully saturated rings. The first kappa shape index (κ1) is 22.9. The van der Waals surface area contributed by atoms with Gasteiger partial charge >= 0.3 is 0 Å². The molecule has 2 unspecified atom stereocenters. The molecule has 4 aromatic rings. The second kappa shape index (κ2) is 9.80. The molecule has 1 saturated heterocycles. The van der Waals surface area contributed by atoms with Crippen LogP contribution < -0.4 is 4.74 Å². The molecule has 0 N–H and O–H groups in total. The molecule has 0 amide bonds. The molecule has 0 bridgehead atoms. The first-order valence-corrected chi connectivity index (χ1v) is 11.8. The van der Waals surface area contributed by atoms with E-state index in [4.69, 9.17) is 37.4 Å². The van der Waals surface area contributed by atoms with Crippen LogP contribution in [0.2, 0.25) is 10.0 Å². The summed E-state index contributed by atoms with van der Waals surface area (Å²) in [5, 5.41) is 1.03. The van der Waals surface area contributed by atoms with Crippen molar-refractivity contribution in [1.29, 1.82) is 0 Å². The van der Waals surface area contributed by atoms with Crippen molar-refractivity contribution in [2.75, 3.05) is 13.2 Å². The van der Waals surface area contributed by atoms with Gasteiger partial charge in [0.25, 0.3) is 0 Å². The van der Waals surface area contributed by atoms with E-state index in [9.17, 15) is 0 Å². The van der Waals surface area contributed by atoms with E-state index < -0.39 is 5.79 Å². The van der Waals surface area contributed by atoms with E-state index in [-0.39, 0.29) is 6.10 Å². The first-order valence-electron chi connectivity index (χ1n) is 11.0. The van der Waals surface area contributed by atoms with Gasteiger partial charge in [0.05, 0.1) is 42.7 Å². The third-order valence-corrected chi connectivity index (χ3v) is 6.34. The molecule has 0 aliphatic carbocycles. The maximum absolute atomic E-state index is 6.53. The second-order valence-electron chi connectivity index (χ2n) is 8.06. The average Bonchev–Trinajstić information content (AvgIpc) is 3.60. The van der Waals surface area contributed by atoms with Crippen molar-refractivity contribution in [1.82, 2.24) is 19.1 Å². The predicted molar refractivity (Wildman–Crippen MR) is 130 cm³/mol. The molecule has 1 aliphatic heterocycles. The van der Waals surface area contributed by atoms with Gasteiger partial charge in [-0.25, -0.2) is 9.97 Å². The third kappa shape index (κ3) is 4.70. The van der Waals surface area contributed by atoms with Gasteiger partial charge in [-0.05, 0) is 43.3 Å². The lowest BCUT2D eigenvalue weighted by atomic mass is 10.1. The summed E-state index contributed by atoms with van der Waals surface area (Å²) in [6.45, 7) is 4.05. The Morgan fingerprint density at radius 1 is 1.12 bits per heavy atom. The number of nitrogens with zero attached hydrogens (tertiary/aromatic N) is 4.